The molecule has 3 nitrogen and oxygen atoms in total. The average Bonchev–Trinajstić information content (AvgIpc) is 2.18. The van der Waals surface area contributed by atoms with Crippen LogP contribution >= 0.6 is 27.7 Å². The predicted molar refractivity (Wildman–Crippen MR) is 63.6 cm³/mol. The normalized spacial score (nSPS) is 9.86. The minimum Gasteiger partial charge on any atom is -0.325 e. The van der Waals surface area contributed by atoms with E-state index in [9.17, 15) is 4.79 Å². The zero-order valence-corrected chi connectivity index (χ0v) is 10.2. The minimum absolute atomic E-state index is 0.0336. The summed E-state index contributed by atoms with van der Waals surface area (Å²) in [6, 6.07) is 1.76. The maximum Gasteiger partial charge on any atom is 0.225 e. The van der Waals surface area contributed by atoms with Crippen molar-refractivity contribution < 1.29 is 4.79 Å². The van der Waals surface area contributed by atoms with Crippen LogP contribution in [0.5, 0.6) is 0 Å². The van der Waals surface area contributed by atoms with Gasteiger partial charge in [-0.25, -0.2) is 0 Å². The quantitative estimate of drug-likeness (QED) is 0.918. The van der Waals surface area contributed by atoms with Crippen LogP contribution in [0.4, 0.5) is 5.69 Å². The molecule has 0 radical (unpaired) electrons. The molecule has 0 bridgehead atoms. The molecule has 0 atom stereocenters. The van der Waals surface area contributed by atoms with Gasteiger partial charge in [0.15, 0.2) is 0 Å². The van der Waals surface area contributed by atoms with Crippen molar-refractivity contribution in [2.24, 2.45) is 0 Å². The molecule has 0 saturated heterocycles. The molecule has 0 fully saturated rings. The highest BCUT2D eigenvalue weighted by Crippen LogP contribution is 2.19. The molecular formula is C9H11BrN2OS. The van der Waals surface area contributed by atoms with Gasteiger partial charge in [0.25, 0.3) is 0 Å². The standard InChI is InChI=1S/C9H11BrN2OS/c1-14-5-3-9(13)12-8-2-4-11-6-7(8)10/h2,4,6H,3,5H2,1H3,(H,11,12,13). The molecule has 0 spiro atoms. The number of nitrogens with zero attached hydrogens (tertiary/aromatic N) is 1. The van der Waals surface area contributed by atoms with Gasteiger partial charge >= 0.3 is 0 Å². The van der Waals surface area contributed by atoms with Gasteiger partial charge in [-0.15, -0.1) is 0 Å². The van der Waals surface area contributed by atoms with Crippen molar-refractivity contribution in [1.29, 1.82) is 0 Å². The van der Waals surface area contributed by atoms with E-state index in [0.717, 1.165) is 15.9 Å². The first-order chi connectivity index (χ1) is 6.74. The number of nitrogens with one attached hydrogen (secondary N) is 1. The van der Waals surface area contributed by atoms with E-state index >= 15 is 0 Å². The molecular weight excluding hydrogens is 264 g/mol. The van der Waals surface area contributed by atoms with Crippen molar-refractivity contribution in [3.63, 3.8) is 0 Å². The maximum atomic E-state index is 11.4. The highest BCUT2D eigenvalue weighted by Gasteiger charge is 2.04. The van der Waals surface area contributed by atoms with Crippen molar-refractivity contribution in [3.05, 3.63) is 22.9 Å². The number of hydrogen-bond acceptors (Lipinski definition) is 3. The molecule has 0 unspecified atom stereocenters. The Morgan fingerprint density at radius 3 is 3.14 bits per heavy atom. The molecule has 5 heteroatoms. The Bertz CT molecular complexity index is 319. The summed E-state index contributed by atoms with van der Waals surface area (Å²) in [7, 11) is 0. The molecule has 1 rings (SSSR count). The highest BCUT2D eigenvalue weighted by molar-refractivity contribution is 9.10. The van der Waals surface area contributed by atoms with E-state index < -0.39 is 0 Å². The summed E-state index contributed by atoms with van der Waals surface area (Å²) in [4.78, 5) is 15.3. The maximum absolute atomic E-state index is 11.4. The fourth-order valence-corrected chi connectivity index (χ4v) is 1.62. The molecule has 76 valence electrons. The van der Waals surface area contributed by atoms with E-state index in [-0.39, 0.29) is 5.91 Å². The highest BCUT2D eigenvalue weighted by atomic mass is 79.9. The summed E-state index contributed by atoms with van der Waals surface area (Å²) in [6.45, 7) is 0. The first-order valence-electron chi connectivity index (χ1n) is 4.12. The summed E-state index contributed by atoms with van der Waals surface area (Å²) >= 11 is 4.97. The molecule has 14 heavy (non-hydrogen) atoms. The Balaban J connectivity index is 2.52. The summed E-state index contributed by atoms with van der Waals surface area (Å²) in [6.07, 6.45) is 5.82. The van der Waals surface area contributed by atoms with E-state index in [1.54, 1.807) is 30.2 Å². The molecule has 0 aromatic carbocycles. The second kappa shape index (κ2) is 6.03. The molecule has 1 amide bonds. The number of halogens is 1. The van der Waals surface area contributed by atoms with E-state index in [1.807, 2.05) is 6.26 Å². The van der Waals surface area contributed by atoms with Gasteiger partial charge in [0.05, 0.1) is 10.2 Å². The Labute approximate surface area is 95.8 Å². The summed E-state index contributed by atoms with van der Waals surface area (Å²) in [5.41, 5.74) is 0.770. The molecule has 0 saturated carbocycles. The Kier molecular flexibility index (Phi) is 4.97. The lowest BCUT2D eigenvalue weighted by Gasteiger charge is -2.05. The lowest BCUT2D eigenvalue weighted by atomic mass is 10.4. The second-order valence-electron chi connectivity index (χ2n) is 2.65. The van der Waals surface area contributed by atoms with Crippen molar-refractivity contribution in [2.75, 3.05) is 17.3 Å². The zero-order valence-electron chi connectivity index (χ0n) is 7.79. The SMILES string of the molecule is CSCCC(=O)Nc1ccncc1Br. The van der Waals surface area contributed by atoms with Crippen molar-refractivity contribution in [3.8, 4) is 0 Å². The van der Waals surface area contributed by atoms with E-state index in [4.69, 9.17) is 0 Å². The number of carbonyl (C=O) groups is 1. The lowest BCUT2D eigenvalue weighted by Crippen LogP contribution is -2.12. The third-order valence-corrected chi connectivity index (χ3v) is 2.82. The summed E-state index contributed by atoms with van der Waals surface area (Å²) in [5.74, 6) is 0.875. The van der Waals surface area contributed by atoms with Crippen LogP contribution in [-0.4, -0.2) is 22.9 Å². The van der Waals surface area contributed by atoms with Gasteiger partial charge in [0.1, 0.15) is 0 Å². The largest absolute Gasteiger partial charge is 0.325 e. The Morgan fingerprint density at radius 1 is 1.71 bits per heavy atom. The van der Waals surface area contributed by atoms with Crippen LogP contribution in [-0.2, 0) is 4.79 Å². The van der Waals surface area contributed by atoms with Gasteiger partial charge in [0, 0.05) is 24.6 Å². The molecule has 0 aliphatic carbocycles. The predicted octanol–water partition coefficient (Wildman–Crippen LogP) is 2.54. The number of hydrogen-bond donors (Lipinski definition) is 1. The fraction of sp³-hybridized carbons (Fsp3) is 0.333. The zero-order chi connectivity index (χ0) is 10.4. The average molecular weight is 275 g/mol. The van der Waals surface area contributed by atoms with Gasteiger partial charge in [-0.3, -0.25) is 9.78 Å². The van der Waals surface area contributed by atoms with E-state index in [1.165, 1.54) is 0 Å². The third-order valence-electron chi connectivity index (χ3n) is 1.58. The first-order valence-corrected chi connectivity index (χ1v) is 6.31. The van der Waals surface area contributed by atoms with Crippen molar-refractivity contribution in [2.45, 2.75) is 6.42 Å². The van der Waals surface area contributed by atoms with Crippen molar-refractivity contribution in [1.82, 2.24) is 4.98 Å². The molecule has 1 aromatic rings. The van der Waals surface area contributed by atoms with Crippen molar-refractivity contribution >= 4 is 39.3 Å². The van der Waals surface area contributed by atoms with Gasteiger partial charge in [-0.1, -0.05) is 0 Å². The van der Waals surface area contributed by atoms with Crippen LogP contribution in [0.25, 0.3) is 0 Å². The van der Waals surface area contributed by atoms with Crippen LogP contribution < -0.4 is 5.32 Å². The first kappa shape index (κ1) is 11.5. The van der Waals surface area contributed by atoms with E-state index in [0.29, 0.717) is 6.42 Å². The molecule has 1 heterocycles. The number of thioether (sulfide) groups is 1. The summed E-state index contributed by atoms with van der Waals surface area (Å²) in [5, 5.41) is 2.81. The number of anilines is 1. The van der Waals surface area contributed by atoms with Crippen LogP contribution in [0.15, 0.2) is 22.9 Å². The molecule has 0 aliphatic rings. The Hall–Kier alpha value is -0.550. The molecule has 1 aromatic heterocycles. The third kappa shape index (κ3) is 3.67. The van der Waals surface area contributed by atoms with Gasteiger partial charge in [-0.2, -0.15) is 11.8 Å². The van der Waals surface area contributed by atoms with Gasteiger partial charge in [-0.05, 0) is 28.3 Å². The molecule has 0 aliphatic heterocycles. The topological polar surface area (TPSA) is 42.0 Å². The monoisotopic (exact) mass is 274 g/mol. The van der Waals surface area contributed by atoms with Crippen LogP contribution in [0, 0.1) is 0 Å². The number of aromatic nitrogens is 1. The number of amides is 1. The Morgan fingerprint density at radius 2 is 2.50 bits per heavy atom. The van der Waals surface area contributed by atoms with Crippen LogP contribution in [0.2, 0.25) is 0 Å². The van der Waals surface area contributed by atoms with E-state index in [2.05, 4.69) is 26.2 Å². The number of carbonyl (C=O) groups excluding carboxylic acids is 1. The van der Waals surface area contributed by atoms with Crippen LogP contribution in [0.3, 0.4) is 0 Å². The molecule has 1 N–H and O–H groups in total. The fourth-order valence-electron chi connectivity index (χ4n) is 0.884. The lowest BCUT2D eigenvalue weighted by molar-refractivity contribution is -0.115. The second-order valence-corrected chi connectivity index (χ2v) is 4.49. The van der Waals surface area contributed by atoms with Crippen LogP contribution in [0.1, 0.15) is 6.42 Å². The summed E-state index contributed by atoms with van der Waals surface area (Å²) < 4.78 is 0.803. The minimum atomic E-state index is 0.0336. The smallest absolute Gasteiger partial charge is 0.225 e. The van der Waals surface area contributed by atoms with Gasteiger partial charge < -0.3 is 5.32 Å². The van der Waals surface area contributed by atoms with Gasteiger partial charge in [0.2, 0.25) is 5.91 Å². The number of pyridine rings is 1. The number of rotatable bonds is 4.